The van der Waals surface area contributed by atoms with E-state index in [1.807, 2.05) is 0 Å². The van der Waals surface area contributed by atoms with Crippen molar-refractivity contribution in [2.75, 3.05) is 24.6 Å². The molecule has 0 saturated heterocycles. The van der Waals surface area contributed by atoms with Gasteiger partial charge < -0.3 is 16.4 Å². The first-order chi connectivity index (χ1) is 6.74. The van der Waals surface area contributed by atoms with Crippen molar-refractivity contribution in [2.24, 2.45) is 0 Å². The second-order valence-electron chi connectivity index (χ2n) is 2.64. The van der Waals surface area contributed by atoms with Gasteiger partial charge in [-0.05, 0) is 0 Å². The van der Waals surface area contributed by atoms with E-state index in [2.05, 4.69) is 20.6 Å². The Bertz CT molecular complexity index is 314. The van der Waals surface area contributed by atoms with Crippen LogP contribution in [0.15, 0.2) is 12.4 Å². The van der Waals surface area contributed by atoms with Crippen molar-refractivity contribution in [3.8, 4) is 0 Å². The molecule has 4 N–H and O–H groups in total. The van der Waals surface area contributed by atoms with Crippen molar-refractivity contribution in [2.45, 2.75) is 6.42 Å². The molecule has 0 radical (unpaired) electrons. The van der Waals surface area contributed by atoms with Gasteiger partial charge in [-0.2, -0.15) is 0 Å². The van der Waals surface area contributed by atoms with E-state index in [9.17, 15) is 4.79 Å². The highest BCUT2D eigenvalue weighted by atomic mass is 16.1. The fourth-order valence-electron chi connectivity index (χ4n) is 0.904. The molecule has 76 valence electrons. The normalized spacial score (nSPS) is 9.50. The van der Waals surface area contributed by atoms with E-state index in [0.29, 0.717) is 24.6 Å². The van der Waals surface area contributed by atoms with E-state index in [1.54, 1.807) is 13.2 Å². The van der Waals surface area contributed by atoms with Gasteiger partial charge in [0.05, 0.1) is 0 Å². The van der Waals surface area contributed by atoms with Gasteiger partial charge in [-0.3, -0.25) is 4.79 Å². The molecule has 0 spiro atoms. The highest BCUT2D eigenvalue weighted by molar-refractivity contribution is 5.76. The fourth-order valence-corrected chi connectivity index (χ4v) is 0.904. The third kappa shape index (κ3) is 2.89. The number of amides is 1. The lowest BCUT2D eigenvalue weighted by Crippen LogP contribution is -2.21. The van der Waals surface area contributed by atoms with Gasteiger partial charge in [-0.25, -0.2) is 9.97 Å². The van der Waals surface area contributed by atoms with Crippen LogP contribution in [0.4, 0.5) is 11.6 Å². The Labute approximate surface area is 81.9 Å². The second kappa shape index (κ2) is 5.00. The summed E-state index contributed by atoms with van der Waals surface area (Å²) in [6.45, 7) is 0.489. The van der Waals surface area contributed by atoms with Gasteiger partial charge in [0.2, 0.25) is 5.91 Å². The predicted octanol–water partition coefficient (Wildman–Crippen LogP) is -0.393. The van der Waals surface area contributed by atoms with E-state index >= 15 is 0 Å². The molecule has 14 heavy (non-hydrogen) atoms. The maximum atomic E-state index is 10.9. The van der Waals surface area contributed by atoms with Crippen molar-refractivity contribution < 1.29 is 4.79 Å². The van der Waals surface area contributed by atoms with Gasteiger partial charge in [-0.15, -0.1) is 0 Å². The van der Waals surface area contributed by atoms with Crippen LogP contribution in [0.3, 0.4) is 0 Å². The summed E-state index contributed by atoms with van der Waals surface area (Å²) in [5.74, 6) is 0.820. The zero-order valence-electron chi connectivity index (χ0n) is 7.95. The summed E-state index contributed by atoms with van der Waals surface area (Å²) < 4.78 is 0. The Morgan fingerprint density at radius 3 is 2.86 bits per heavy atom. The molecule has 0 atom stereocenters. The van der Waals surface area contributed by atoms with Crippen LogP contribution < -0.4 is 16.4 Å². The lowest BCUT2D eigenvalue weighted by molar-refractivity contribution is -0.120. The summed E-state index contributed by atoms with van der Waals surface area (Å²) in [5, 5.41) is 5.44. The molecule has 0 aliphatic heterocycles. The van der Waals surface area contributed by atoms with Crippen molar-refractivity contribution in [1.29, 1.82) is 0 Å². The highest BCUT2D eigenvalue weighted by Gasteiger charge is 2.01. The molecule has 6 heteroatoms. The zero-order chi connectivity index (χ0) is 10.4. The number of carbonyl (C=O) groups is 1. The molecule has 0 aliphatic rings. The first-order valence-electron chi connectivity index (χ1n) is 4.25. The summed E-state index contributed by atoms with van der Waals surface area (Å²) >= 11 is 0. The molecule has 0 unspecified atom stereocenters. The fraction of sp³-hybridized carbons (Fsp3) is 0.375. The van der Waals surface area contributed by atoms with Gasteiger partial charge in [0.1, 0.15) is 0 Å². The van der Waals surface area contributed by atoms with Crippen LogP contribution in [0.25, 0.3) is 0 Å². The number of aromatic nitrogens is 2. The monoisotopic (exact) mass is 195 g/mol. The van der Waals surface area contributed by atoms with Crippen LogP contribution in [0.2, 0.25) is 0 Å². The minimum atomic E-state index is -0.0278. The Balaban J connectivity index is 2.39. The smallest absolute Gasteiger partial charge is 0.221 e. The standard InChI is InChI=1S/C8H13N5O/c1-10-6(14)2-3-12-8-7(9)11-4-5-13-8/h4-5H,2-3H2,1H3,(H2,9,11)(H,10,14)(H,12,13). The number of hydrogen-bond acceptors (Lipinski definition) is 5. The Kier molecular flexibility index (Phi) is 3.66. The average Bonchev–Trinajstić information content (AvgIpc) is 2.20. The van der Waals surface area contributed by atoms with Crippen molar-refractivity contribution in [3.63, 3.8) is 0 Å². The maximum absolute atomic E-state index is 10.9. The molecular formula is C8H13N5O. The molecule has 1 aromatic heterocycles. The van der Waals surface area contributed by atoms with Gasteiger partial charge in [0, 0.05) is 32.4 Å². The SMILES string of the molecule is CNC(=O)CCNc1nccnc1N. The molecule has 1 heterocycles. The number of rotatable bonds is 4. The summed E-state index contributed by atoms with van der Waals surface area (Å²) in [7, 11) is 1.60. The third-order valence-electron chi connectivity index (χ3n) is 1.65. The summed E-state index contributed by atoms with van der Waals surface area (Å²) in [5.41, 5.74) is 5.53. The van der Waals surface area contributed by atoms with Crippen LogP contribution >= 0.6 is 0 Å². The minimum Gasteiger partial charge on any atom is -0.381 e. The predicted molar refractivity (Wildman–Crippen MR) is 53.6 cm³/mol. The van der Waals surface area contributed by atoms with Crippen molar-refractivity contribution >= 4 is 17.5 Å². The van der Waals surface area contributed by atoms with Crippen LogP contribution in [0.1, 0.15) is 6.42 Å². The highest BCUT2D eigenvalue weighted by Crippen LogP contribution is 2.08. The molecule has 0 saturated carbocycles. The lowest BCUT2D eigenvalue weighted by Gasteiger charge is -2.05. The lowest BCUT2D eigenvalue weighted by atomic mass is 10.4. The van der Waals surface area contributed by atoms with Crippen LogP contribution in [-0.2, 0) is 4.79 Å². The van der Waals surface area contributed by atoms with Gasteiger partial charge in [0.25, 0.3) is 0 Å². The van der Waals surface area contributed by atoms with E-state index < -0.39 is 0 Å². The number of nitrogens with zero attached hydrogens (tertiary/aromatic N) is 2. The average molecular weight is 195 g/mol. The first-order valence-corrected chi connectivity index (χ1v) is 4.25. The minimum absolute atomic E-state index is 0.0278. The van der Waals surface area contributed by atoms with Crippen LogP contribution in [0, 0.1) is 0 Å². The molecule has 0 fully saturated rings. The number of nitrogens with two attached hydrogens (primary N) is 1. The van der Waals surface area contributed by atoms with Gasteiger partial charge >= 0.3 is 0 Å². The maximum Gasteiger partial charge on any atom is 0.221 e. The van der Waals surface area contributed by atoms with Gasteiger partial charge in [-0.1, -0.05) is 0 Å². The molecule has 6 nitrogen and oxygen atoms in total. The molecular weight excluding hydrogens is 182 g/mol. The number of nitrogens with one attached hydrogen (secondary N) is 2. The quantitative estimate of drug-likeness (QED) is 0.608. The van der Waals surface area contributed by atoms with E-state index in [0.717, 1.165) is 0 Å². The molecule has 0 aliphatic carbocycles. The molecule has 1 amide bonds. The third-order valence-corrected chi connectivity index (χ3v) is 1.65. The van der Waals surface area contributed by atoms with E-state index in [4.69, 9.17) is 5.73 Å². The Morgan fingerprint density at radius 1 is 1.50 bits per heavy atom. The second-order valence-corrected chi connectivity index (χ2v) is 2.64. The topological polar surface area (TPSA) is 92.9 Å². The zero-order valence-corrected chi connectivity index (χ0v) is 7.95. The van der Waals surface area contributed by atoms with Crippen molar-refractivity contribution in [1.82, 2.24) is 15.3 Å². The largest absolute Gasteiger partial charge is 0.381 e. The molecule has 0 bridgehead atoms. The van der Waals surface area contributed by atoms with Crippen LogP contribution in [0.5, 0.6) is 0 Å². The molecule has 1 aromatic rings. The summed E-state index contributed by atoms with van der Waals surface area (Å²) in [4.78, 5) is 18.7. The van der Waals surface area contributed by atoms with E-state index in [1.165, 1.54) is 6.20 Å². The van der Waals surface area contributed by atoms with Crippen LogP contribution in [-0.4, -0.2) is 29.5 Å². The summed E-state index contributed by atoms with van der Waals surface area (Å²) in [6, 6.07) is 0. The number of carbonyl (C=O) groups excluding carboxylic acids is 1. The number of anilines is 2. The number of nitrogen functional groups attached to an aromatic ring is 1. The van der Waals surface area contributed by atoms with E-state index in [-0.39, 0.29) is 5.91 Å². The molecule has 0 aromatic carbocycles. The first kappa shape index (κ1) is 10.2. The Hall–Kier alpha value is -1.85. The van der Waals surface area contributed by atoms with Gasteiger partial charge in [0.15, 0.2) is 11.6 Å². The molecule has 1 rings (SSSR count). The number of hydrogen-bond donors (Lipinski definition) is 3. The summed E-state index contributed by atoms with van der Waals surface area (Å²) in [6.07, 6.45) is 3.43. The Morgan fingerprint density at radius 2 is 2.21 bits per heavy atom. The van der Waals surface area contributed by atoms with Crippen molar-refractivity contribution in [3.05, 3.63) is 12.4 Å².